The Bertz CT molecular complexity index is 779. The predicted molar refractivity (Wildman–Crippen MR) is 81.1 cm³/mol. The molecule has 0 unspecified atom stereocenters. The van der Waals surface area contributed by atoms with Crippen molar-refractivity contribution in [2.24, 2.45) is 0 Å². The largest absolute Gasteiger partial charge is 0.269 e. The van der Waals surface area contributed by atoms with E-state index < -0.39 is 30.0 Å². The van der Waals surface area contributed by atoms with Gasteiger partial charge in [0.05, 0.1) is 17.7 Å². The maximum Gasteiger partial charge on any atom is 0.261 e. The van der Waals surface area contributed by atoms with Crippen molar-refractivity contribution in [2.75, 3.05) is 6.54 Å². The average Bonchev–Trinajstić information content (AvgIpc) is 2.79. The van der Waals surface area contributed by atoms with Gasteiger partial charge in [0.15, 0.2) is 0 Å². The van der Waals surface area contributed by atoms with Crippen molar-refractivity contribution >= 4 is 11.8 Å². The van der Waals surface area contributed by atoms with Gasteiger partial charge < -0.3 is 0 Å². The Morgan fingerprint density at radius 1 is 1.00 bits per heavy atom. The van der Waals surface area contributed by atoms with E-state index in [2.05, 4.69) is 0 Å². The van der Waals surface area contributed by atoms with Gasteiger partial charge in [0.25, 0.3) is 11.8 Å². The van der Waals surface area contributed by atoms with Crippen LogP contribution in [-0.4, -0.2) is 23.3 Å². The Labute approximate surface area is 131 Å². The molecule has 0 atom stereocenters. The first-order valence-electron chi connectivity index (χ1n) is 7.10. The summed E-state index contributed by atoms with van der Waals surface area (Å²) in [6, 6.07) is 12.2. The minimum atomic E-state index is -0.608. The molecule has 0 bridgehead atoms. The molecule has 0 N–H and O–H groups in total. The summed E-state index contributed by atoms with van der Waals surface area (Å²) in [6.45, 7) is -0.415. The highest BCUT2D eigenvalue weighted by Crippen LogP contribution is 2.23. The Kier molecular flexibility index (Phi) is 4.02. The van der Waals surface area contributed by atoms with Gasteiger partial charge in [-0.2, -0.15) is 0 Å². The minimum absolute atomic E-state index is 0.187. The molecule has 23 heavy (non-hydrogen) atoms. The molecule has 2 aromatic carbocycles. The van der Waals surface area contributed by atoms with Gasteiger partial charge in [-0.15, -0.1) is 0 Å². The fourth-order valence-electron chi connectivity index (χ4n) is 2.49. The van der Waals surface area contributed by atoms with Crippen LogP contribution in [0.4, 0.5) is 8.78 Å². The SMILES string of the molecule is O=C1c2ccccc2C(=O)N1C/C(F)=C\Cc1cccc(F)c1. The van der Waals surface area contributed by atoms with Gasteiger partial charge in [0, 0.05) is 0 Å². The summed E-state index contributed by atoms with van der Waals surface area (Å²) >= 11 is 0. The number of rotatable bonds is 4. The summed E-state index contributed by atoms with van der Waals surface area (Å²) in [6.07, 6.45) is 1.44. The zero-order valence-electron chi connectivity index (χ0n) is 12.1. The van der Waals surface area contributed by atoms with Crippen molar-refractivity contribution in [3.8, 4) is 0 Å². The number of hydrogen-bond acceptors (Lipinski definition) is 2. The number of hydrogen-bond donors (Lipinski definition) is 0. The highest BCUT2D eigenvalue weighted by atomic mass is 19.1. The number of carbonyl (C=O) groups excluding carboxylic acids is 2. The Balaban J connectivity index is 1.71. The smallest absolute Gasteiger partial charge is 0.261 e. The van der Waals surface area contributed by atoms with Crippen LogP contribution < -0.4 is 0 Å². The quantitative estimate of drug-likeness (QED) is 0.810. The third-order valence-corrected chi connectivity index (χ3v) is 3.64. The molecule has 0 fully saturated rings. The standard InChI is InChI=1S/C18H13F2NO2/c19-13-5-3-4-12(10-13)8-9-14(20)11-21-17(22)15-6-1-2-7-16(15)18(21)23/h1-7,9-10H,8,11H2/b14-9+. The molecule has 5 heteroatoms. The number of carbonyl (C=O) groups is 2. The number of benzene rings is 2. The van der Waals surface area contributed by atoms with Gasteiger partial charge >= 0.3 is 0 Å². The lowest BCUT2D eigenvalue weighted by atomic mass is 10.1. The van der Waals surface area contributed by atoms with Gasteiger partial charge in [0.1, 0.15) is 11.6 Å². The monoisotopic (exact) mass is 313 g/mol. The number of halogens is 2. The molecule has 0 spiro atoms. The zero-order chi connectivity index (χ0) is 16.4. The summed E-state index contributed by atoms with van der Waals surface area (Å²) in [7, 11) is 0. The number of imide groups is 1. The second kappa shape index (κ2) is 6.12. The number of amides is 2. The van der Waals surface area contributed by atoms with Gasteiger partial charge in [-0.1, -0.05) is 24.3 Å². The van der Waals surface area contributed by atoms with Crippen molar-refractivity contribution < 1.29 is 18.4 Å². The lowest BCUT2D eigenvalue weighted by Gasteiger charge is -2.12. The second-order valence-electron chi connectivity index (χ2n) is 5.23. The Hall–Kier alpha value is -2.82. The van der Waals surface area contributed by atoms with E-state index in [9.17, 15) is 18.4 Å². The first-order chi connectivity index (χ1) is 11.1. The molecular formula is C18H13F2NO2. The fraction of sp³-hybridized carbons (Fsp3) is 0.111. The summed E-state index contributed by atoms with van der Waals surface area (Å²) in [5, 5.41) is 0. The number of nitrogens with zero attached hydrogens (tertiary/aromatic N) is 1. The van der Waals surface area contributed by atoms with E-state index in [1.807, 2.05) is 0 Å². The predicted octanol–water partition coefficient (Wildman–Crippen LogP) is 3.52. The molecule has 1 aliphatic rings. The molecule has 3 nitrogen and oxygen atoms in total. The summed E-state index contributed by atoms with van der Waals surface area (Å²) in [4.78, 5) is 25.1. The van der Waals surface area contributed by atoms with Crippen LogP contribution in [0.5, 0.6) is 0 Å². The maximum atomic E-state index is 14.0. The van der Waals surface area contributed by atoms with Crippen LogP contribution >= 0.6 is 0 Å². The normalized spacial score (nSPS) is 14.3. The molecule has 2 aromatic rings. The molecule has 0 aliphatic carbocycles. The molecule has 0 radical (unpaired) electrons. The topological polar surface area (TPSA) is 37.4 Å². The van der Waals surface area contributed by atoms with Crippen LogP contribution in [-0.2, 0) is 6.42 Å². The van der Waals surface area contributed by atoms with Crippen LogP contribution in [0.3, 0.4) is 0 Å². The fourth-order valence-corrected chi connectivity index (χ4v) is 2.49. The van der Waals surface area contributed by atoms with Crippen molar-refractivity contribution in [1.29, 1.82) is 0 Å². The zero-order valence-corrected chi connectivity index (χ0v) is 12.1. The first kappa shape index (κ1) is 15.1. The van der Waals surface area contributed by atoms with E-state index in [4.69, 9.17) is 0 Å². The van der Waals surface area contributed by atoms with Gasteiger partial charge in [0.2, 0.25) is 0 Å². The van der Waals surface area contributed by atoms with E-state index in [0.717, 1.165) is 4.90 Å². The summed E-state index contributed by atoms with van der Waals surface area (Å²) < 4.78 is 27.1. The lowest BCUT2D eigenvalue weighted by Crippen LogP contribution is -2.31. The van der Waals surface area contributed by atoms with Crippen molar-refractivity contribution in [1.82, 2.24) is 4.90 Å². The van der Waals surface area contributed by atoms with Crippen LogP contribution in [0, 0.1) is 5.82 Å². The third-order valence-electron chi connectivity index (χ3n) is 3.64. The third kappa shape index (κ3) is 3.04. The minimum Gasteiger partial charge on any atom is -0.269 e. The van der Waals surface area contributed by atoms with Crippen LogP contribution in [0.25, 0.3) is 0 Å². The van der Waals surface area contributed by atoms with E-state index in [-0.39, 0.29) is 17.5 Å². The molecule has 1 heterocycles. The molecule has 3 rings (SSSR count). The lowest BCUT2D eigenvalue weighted by molar-refractivity contribution is 0.0660. The van der Waals surface area contributed by atoms with Gasteiger partial charge in [-0.25, -0.2) is 8.78 Å². The van der Waals surface area contributed by atoms with E-state index in [1.54, 1.807) is 36.4 Å². The molecule has 0 aromatic heterocycles. The van der Waals surface area contributed by atoms with E-state index in [1.165, 1.54) is 18.2 Å². The molecule has 0 saturated carbocycles. The van der Waals surface area contributed by atoms with E-state index in [0.29, 0.717) is 5.56 Å². The van der Waals surface area contributed by atoms with E-state index >= 15 is 0 Å². The van der Waals surface area contributed by atoms with Crippen LogP contribution in [0.15, 0.2) is 60.4 Å². The summed E-state index contributed by atoms with van der Waals surface area (Å²) in [5.74, 6) is -2.00. The maximum absolute atomic E-state index is 14.0. The first-order valence-corrected chi connectivity index (χ1v) is 7.10. The molecule has 2 amide bonds. The summed E-state index contributed by atoms with van der Waals surface area (Å²) in [5.41, 5.74) is 1.19. The van der Waals surface area contributed by atoms with Gasteiger partial charge in [-0.3, -0.25) is 14.5 Å². The molecule has 1 aliphatic heterocycles. The molecule has 116 valence electrons. The average molecular weight is 313 g/mol. The molecule has 0 saturated heterocycles. The Morgan fingerprint density at radius 2 is 1.65 bits per heavy atom. The highest BCUT2D eigenvalue weighted by Gasteiger charge is 2.35. The van der Waals surface area contributed by atoms with Crippen molar-refractivity contribution in [3.05, 3.63) is 82.9 Å². The van der Waals surface area contributed by atoms with Crippen molar-refractivity contribution in [3.63, 3.8) is 0 Å². The highest BCUT2D eigenvalue weighted by molar-refractivity contribution is 6.21. The van der Waals surface area contributed by atoms with Crippen molar-refractivity contribution in [2.45, 2.75) is 6.42 Å². The van der Waals surface area contributed by atoms with Crippen LogP contribution in [0.2, 0.25) is 0 Å². The second-order valence-corrected chi connectivity index (χ2v) is 5.23. The number of fused-ring (bicyclic) bond motifs is 1. The van der Waals surface area contributed by atoms with Gasteiger partial charge in [-0.05, 0) is 42.3 Å². The number of allylic oxidation sites excluding steroid dienone is 1. The van der Waals surface area contributed by atoms with Crippen LogP contribution in [0.1, 0.15) is 26.3 Å². The Morgan fingerprint density at radius 3 is 2.26 bits per heavy atom. The molecular weight excluding hydrogens is 300 g/mol.